The van der Waals surface area contributed by atoms with Gasteiger partial charge in [-0.05, 0) is 49.1 Å². The summed E-state index contributed by atoms with van der Waals surface area (Å²) in [7, 11) is 0. The molecule has 142 valence electrons. The van der Waals surface area contributed by atoms with Gasteiger partial charge >= 0.3 is 0 Å². The minimum Gasteiger partial charge on any atom is -0.336 e. The second-order valence-corrected chi connectivity index (χ2v) is 6.86. The van der Waals surface area contributed by atoms with Crippen LogP contribution in [0, 0.1) is 5.82 Å². The number of pyridine rings is 1. The molecule has 1 aliphatic heterocycles. The number of likely N-dealkylation sites (tertiary alicyclic amines) is 1. The van der Waals surface area contributed by atoms with E-state index in [-0.39, 0.29) is 17.6 Å². The van der Waals surface area contributed by atoms with Gasteiger partial charge in [0.25, 0.3) is 0 Å². The van der Waals surface area contributed by atoms with E-state index in [1.165, 1.54) is 12.1 Å². The van der Waals surface area contributed by atoms with Crippen molar-refractivity contribution in [2.45, 2.75) is 38.8 Å². The lowest BCUT2D eigenvalue weighted by Crippen LogP contribution is -2.47. The molecule has 2 aromatic rings. The molecule has 1 unspecified atom stereocenters. The van der Waals surface area contributed by atoms with E-state index in [1.54, 1.807) is 41.2 Å². The molecule has 0 aliphatic carbocycles. The van der Waals surface area contributed by atoms with E-state index in [2.05, 4.69) is 4.98 Å². The van der Waals surface area contributed by atoms with E-state index in [9.17, 15) is 14.0 Å². The summed E-state index contributed by atoms with van der Waals surface area (Å²) in [6.07, 6.45) is 5.36. The Hall–Kier alpha value is -2.76. The Morgan fingerprint density at radius 3 is 2.67 bits per heavy atom. The van der Waals surface area contributed by atoms with Crippen molar-refractivity contribution in [1.29, 1.82) is 0 Å². The van der Waals surface area contributed by atoms with Crippen molar-refractivity contribution < 1.29 is 14.0 Å². The summed E-state index contributed by atoms with van der Waals surface area (Å²) in [6, 6.07) is 9.60. The highest BCUT2D eigenvalue weighted by molar-refractivity contribution is 5.88. The zero-order chi connectivity index (χ0) is 19.2. The van der Waals surface area contributed by atoms with E-state index in [0.29, 0.717) is 32.5 Å². The maximum absolute atomic E-state index is 13.1. The zero-order valence-corrected chi connectivity index (χ0v) is 15.5. The van der Waals surface area contributed by atoms with Crippen LogP contribution in [0.25, 0.3) is 0 Å². The molecule has 0 saturated carbocycles. The fourth-order valence-corrected chi connectivity index (χ4v) is 3.37. The lowest BCUT2D eigenvalue weighted by Gasteiger charge is -2.30. The highest BCUT2D eigenvalue weighted by Crippen LogP contribution is 2.17. The van der Waals surface area contributed by atoms with E-state index < -0.39 is 6.04 Å². The molecule has 6 heteroatoms. The molecule has 0 N–H and O–H groups in total. The summed E-state index contributed by atoms with van der Waals surface area (Å²) < 4.78 is 13.1. The molecule has 1 aromatic carbocycles. The molecule has 0 bridgehead atoms. The predicted molar refractivity (Wildman–Crippen MR) is 100 cm³/mol. The third kappa shape index (κ3) is 4.90. The summed E-state index contributed by atoms with van der Waals surface area (Å²) in [6.45, 7) is 3.34. The first-order chi connectivity index (χ1) is 13.0. The van der Waals surface area contributed by atoms with Gasteiger partial charge in [0.05, 0.1) is 0 Å². The summed E-state index contributed by atoms with van der Waals surface area (Å²) >= 11 is 0. The number of amides is 2. The number of rotatable bonds is 7. The second-order valence-electron chi connectivity index (χ2n) is 6.86. The fourth-order valence-electron chi connectivity index (χ4n) is 3.37. The number of halogens is 1. The third-order valence-corrected chi connectivity index (χ3v) is 4.93. The molecular weight excluding hydrogens is 345 g/mol. The van der Waals surface area contributed by atoms with Crippen LogP contribution in [0.15, 0.2) is 48.8 Å². The molecule has 1 fully saturated rings. The molecular formula is C21H24FN3O2. The molecule has 1 atom stereocenters. The number of hydrogen-bond acceptors (Lipinski definition) is 3. The highest BCUT2D eigenvalue weighted by Gasteiger charge is 2.32. The first-order valence-electron chi connectivity index (χ1n) is 9.26. The zero-order valence-electron chi connectivity index (χ0n) is 15.5. The van der Waals surface area contributed by atoms with Gasteiger partial charge in [0.15, 0.2) is 0 Å². The Morgan fingerprint density at radius 2 is 2.04 bits per heavy atom. The number of benzene rings is 1. The molecule has 27 heavy (non-hydrogen) atoms. The van der Waals surface area contributed by atoms with Crippen LogP contribution in [0.1, 0.15) is 30.9 Å². The normalized spacial score (nSPS) is 15.0. The van der Waals surface area contributed by atoms with Gasteiger partial charge in [-0.2, -0.15) is 0 Å². The molecule has 1 aromatic heterocycles. The molecule has 0 spiro atoms. The summed E-state index contributed by atoms with van der Waals surface area (Å²) in [5, 5.41) is 0. The molecule has 0 radical (unpaired) electrons. The Kier molecular flexibility index (Phi) is 6.16. The largest absolute Gasteiger partial charge is 0.336 e. The SMILES string of the molecule is CC(C(=O)N(CCc1ccc(F)cc1)Cc1cccnc1)N1CCCC1=O. The van der Waals surface area contributed by atoms with Crippen molar-refractivity contribution in [3.8, 4) is 0 Å². The van der Waals surface area contributed by atoms with Gasteiger partial charge in [0, 0.05) is 38.4 Å². The lowest BCUT2D eigenvalue weighted by molar-refractivity contribution is -0.143. The third-order valence-electron chi connectivity index (χ3n) is 4.93. The molecule has 2 heterocycles. The van der Waals surface area contributed by atoms with Crippen molar-refractivity contribution in [2.75, 3.05) is 13.1 Å². The quantitative estimate of drug-likeness (QED) is 0.754. The summed E-state index contributed by atoms with van der Waals surface area (Å²) in [4.78, 5) is 32.7. The second kappa shape index (κ2) is 8.75. The Labute approximate surface area is 158 Å². The van der Waals surface area contributed by atoms with Crippen LogP contribution in [0.2, 0.25) is 0 Å². The van der Waals surface area contributed by atoms with Crippen molar-refractivity contribution in [1.82, 2.24) is 14.8 Å². The van der Waals surface area contributed by atoms with E-state index in [4.69, 9.17) is 0 Å². The van der Waals surface area contributed by atoms with Crippen LogP contribution in [0.5, 0.6) is 0 Å². The van der Waals surface area contributed by atoms with E-state index in [1.807, 2.05) is 12.1 Å². The van der Waals surface area contributed by atoms with Crippen molar-refractivity contribution >= 4 is 11.8 Å². The Bertz CT molecular complexity index is 780. The van der Waals surface area contributed by atoms with Gasteiger partial charge < -0.3 is 9.80 Å². The van der Waals surface area contributed by atoms with Crippen LogP contribution >= 0.6 is 0 Å². The number of nitrogens with zero attached hydrogens (tertiary/aromatic N) is 3. The van der Waals surface area contributed by atoms with Crippen LogP contribution in [0.4, 0.5) is 4.39 Å². The Balaban J connectivity index is 1.72. The number of carbonyl (C=O) groups is 2. The summed E-state index contributed by atoms with van der Waals surface area (Å²) in [5.74, 6) is -0.310. The Morgan fingerprint density at radius 1 is 1.26 bits per heavy atom. The van der Waals surface area contributed by atoms with Crippen molar-refractivity contribution in [3.63, 3.8) is 0 Å². The molecule has 1 saturated heterocycles. The van der Waals surface area contributed by atoms with Crippen LogP contribution in [0.3, 0.4) is 0 Å². The molecule has 5 nitrogen and oxygen atoms in total. The van der Waals surface area contributed by atoms with Gasteiger partial charge in [0.1, 0.15) is 11.9 Å². The predicted octanol–water partition coefficient (Wildman–Crippen LogP) is 2.80. The number of hydrogen-bond donors (Lipinski definition) is 0. The van der Waals surface area contributed by atoms with Crippen LogP contribution in [-0.2, 0) is 22.6 Å². The maximum atomic E-state index is 13.1. The average molecular weight is 369 g/mol. The minimum absolute atomic E-state index is 0.0377. The van der Waals surface area contributed by atoms with Crippen LogP contribution in [-0.4, -0.2) is 45.7 Å². The smallest absolute Gasteiger partial charge is 0.245 e. The highest BCUT2D eigenvalue weighted by atomic mass is 19.1. The standard InChI is InChI=1S/C21H24FN3O2/c1-16(25-12-3-5-20(25)26)21(27)24(15-18-4-2-11-23-14-18)13-10-17-6-8-19(22)9-7-17/h2,4,6-9,11,14,16H,3,5,10,12-13,15H2,1H3. The van der Waals surface area contributed by atoms with Crippen molar-refractivity contribution in [3.05, 3.63) is 65.7 Å². The van der Waals surface area contributed by atoms with Gasteiger partial charge in [-0.1, -0.05) is 18.2 Å². The van der Waals surface area contributed by atoms with Gasteiger partial charge in [-0.15, -0.1) is 0 Å². The number of carbonyl (C=O) groups excluding carboxylic acids is 2. The monoisotopic (exact) mass is 369 g/mol. The average Bonchev–Trinajstić information content (AvgIpc) is 3.12. The first-order valence-corrected chi connectivity index (χ1v) is 9.26. The fraction of sp³-hybridized carbons (Fsp3) is 0.381. The minimum atomic E-state index is -0.482. The van der Waals surface area contributed by atoms with E-state index in [0.717, 1.165) is 17.5 Å². The summed E-state index contributed by atoms with van der Waals surface area (Å²) in [5.41, 5.74) is 1.90. The van der Waals surface area contributed by atoms with Gasteiger partial charge in [-0.25, -0.2) is 4.39 Å². The molecule has 1 aliphatic rings. The first kappa shape index (κ1) is 19.0. The van der Waals surface area contributed by atoms with Gasteiger partial charge in [-0.3, -0.25) is 14.6 Å². The van der Waals surface area contributed by atoms with Gasteiger partial charge in [0.2, 0.25) is 11.8 Å². The number of aromatic nitrogens is 1. The molecule has 2 amide bonds. The molecule has 3 rings (SSSR count). The van der Waals surface area contributed by atoms with Crippen LogP contribution < -0.4 is 0 Å². The van der Waals surface area contributed by atoms with Crippen molar-refractivity contribution in [2.24, 2.45) is 0 Å². The van der Waals surface area contributed by atoms with E-state index >= 15 is 0 Å². The lowest BCUT2D eigenvalue weighted by atomic mass is 10.1. The maximum Gasteiger partial charge on any atom is 0.245 e. The topological polar surface area (TPSA) is 53.5 Å².